The summed E-state index contributed by atoms with van der Waals surface area (Å²) in [6.45, 7) is 2.76. The van der Waals surface area contributed by atoms with Gasteiger partial charge in [0.1, 0.15) is 6.10 Å². The van der Waals surface area contributed by atoms with Crippen LogP contribution in [0.2, 0.25) is 0 Å². The zero-order valence-corrected chi connectivity index (χ0v) is 4.87. The maximum atomic E-state index is 9.79. The van der Waals surface area contributed by atoms with E-state index in [-0.39, 0.29) is 0 Å². The van der Waals surface area contributed by atoms with Gasteiger partial charge in [-0.1, -0.05) is 0 Å². The molecule has 1 unspecified atom stereocenters. The number of nitro groups is 1. The summed E-state index contributed by atoms with van der Waals surface area (Å²) >= 11 is 0. The molecule has 48 valence electrons. The van der Waals surface area contributed by atoms with E-state index in [0.717, 1.165) is 0 Å². The average molecular weight is 119 g/mol. The Morgan fingerprint density at radius 3 is 2.00 bits per heavy atom. The number of aliphatic hydroxyl groups excluding tert-OH is 1. The van der Waals surface area contributed by atoms with E-state index in [1.54, 1.807) is 0 Å². The SMILES string of the molecule is CC(O)[C@@H](C)[N+](=O)[O-]. The van der Waals surface area contributed by atoms with Crippen LogP contribution in [0.4, 0.5) is 0 Å². The molecule has 4 heteroatoms. The van der Waals surface area contributed by atoms with Crippen LogP contribution in [-0.2, 0) is 0 Å². The Balaban J connectivity index is 3.64. The van der Waals surface area contributed by atoms with Gasteiger partial charge in [-0.05, 0) is 6.92 Å². The first-order chi connectivity index (χ1) is 3.55. The van der Waals surface area contributed by atoms with Crippen LogP contribution >= 0.6 is 0 Å². The van der Waals surface area contributed by atoms with Crippen molar-refractivity contribution in [3.8, 4) is 0 Å². The van der Waals surface area contributed by atoms with Crippen LogP contribution in [0.25, 0.3) is 0 Å². The Bertz CT molecular complexity index is 91.3. The summed E-state index contributed by atoms with van der Waals surface area (Å²) in [4.78, 5) is 9.28. The van der Waals surface area contributed by atoms with Crippen LogP contribution in [0, 0.1) is 10.1 Å². The van der Waals surface area contributed by atoms with Crippen molar-refractivity contribution in [1.29, 1.82) is 0 Å². The number of hydrogen-bond acceptors (Lipinski definition) is 3. The third-order valence-electron chi connectivity index (χ3n) is 1.03. The standard InChI is InChI=1S/C4H9NO3/c1-3(4(2)6)5(7)8/h3-4,6H,1-2H3/t3-,4?/m1/s1. The van der Waals surface area contributed by atoms with Gasteiger partial charge in [0.25, 0.3) is 0 Å². The van der Waals surface area contributed by atoms with Gasteiger partial charge >= 0.3 is 0 Å². The van der Waals surface area contributed by atoms with Crippen LogP contribution < -0.4 is 0 Å². The fourth-order valence-electron chi connectivity index (χ4n) is 0.176. The molecule has 0 rings (SSSR count). The van der Waals surface area contributed by atoms with Crippen molar-refractivity contribution < 1.29 is 10.0 Å². The molecular formula is C4H9NO3. The predicted octanol–water partition coefficient (Wildman–Crippen LogP) is 0.0324. The molecule has 0 radical (unpaired) electrons. The second-order valence-electron chi connectivity index (χ2n) is 1.77. The third kappa shape index (κ3) is 1.88. The molecule has 0 fully saturated rings. The van der Waals surface area contributed by atoms with Gasteiger partial charge in [0.2, 0.25) is 6.04 Å². The van der Waals surface area contributed by atoms with Gasteiger partial charge in [-0.15, -0.1) is 0 Å². The van der Waals surface area contributed by atoms with E-state index in [1.165, 1.54) is 13.8 Å². The molecular weight excluding hydrogens is 110 g/mol. The Labute approximate surface area is 47.3 Å². The lowest BCUT2D eigenvalue weighted by Gasteiger charge is -2.03. The lowest BCUT2D eigenvalue weighted by atomic mass is 10.2. The molecule has 1 N–H and O–H groups in total. The van der Waals surface area contributed by atoms with Crippen LogP contribution in [-0.4, -0.2) is 22.2 Å². The van der Waals surface area contributed by atoms with Crippen molar-refractivity contribution in [3.05, 3.63) is 10.1 Å². The quantitative estimate of drug-likeness (QED) is 0.412. The lowest BCUT2D eigenvalue weighted by molar-refractivity contribution is -0.528. The summed E-state index contributed by atoms with van der Waals surface area (Å²) in [5.41, 5.74) is 0. The minimum Gasteiger partial charge on any atom is -0.386 e. The summed E-state index contributed by atoms with van der Waals surface area (Å²) in [7, 11) is 0. The van der Waals surface area contributed by atoms with Crippen molar-refractivity contribution in [2.45, 2.75) is 26.0 Å². The highest BCUT2D eigenvalue weighted by atomic mass is 16.6. The van der Waals surface area contributed by atoms with E-state index in [1.807, 2.05) is 0 Å². The van der Waals surface area contributed by atoms with E-state index in [2.05, 4.69) is 0 Å². The zero-order valence-electron chi connectivity index (χ0n) is 4.87. The average Bonchev–Trinajstić information content (AvgIpc) is 1.64. The molecule has 0 spiro atoms. The first-order valence-corrected chi connectivity index (χ1v) is 2.37. The van der Waals surface area contributed by atoms with Crippen LogP contribution in [0.1, 0.15) is 13.8 Å². The highest BCUT2D eigenvalue weighted by Gasteiger charge is 2.18. The molecule has 0 aromatic heterocycles. The Morgan fingerprint density at radius 1 is 1.62 bits per heavy atom. The van der Waals surface area contributed by atoms with E-state index in [9.17, 15) is 10.1 Å². The molecule has 0 amide bonds. The monoisotopic (exact) mass is 119 g/mol. The highest BCUT2D eigenvalue weighted by Crippen LogP contribution is 1.93. The molecule has 0 aromatic carbocycles. The second kappa shape index (κ2) is 2.61. The van der Waals surface area contributed by atoms with Crippen LogP contribution in [0.5, 0.6) is 0 Å². The molecule has 4 nitrogen and oxygen atoms in total. The smallest absolute Gasteiger partial charge is 0.235 e. The van der Waals surface area contributed by atoms with Crippen molar-refractivity contribution in [2.75, 3.05) is 0 Å². The fourth-order valence-corrected chi connectivity index (χ4v) is 0.176. The number of nitrogens with zero attached hydrogens (tertiary/aromatic N) is 1. The molecule has 0 saturated heterocycles. The van der Waals surface area contributed by atoms with Crippen LogP contribution in [0.15, 0.2) is 0 Å². The van der Waals surface area contributed by atoms with Gasteiger partial charge in [-0.25, -0.2) is 0 Å². The highest BCUT2D eigenvalue weighted by molar-refractivity contribution is 4.53. The summed E-state index contributed by atoms with van der Waals surface area (Å²) in [5, 5.41) is 18.3. The van der Waals surface area contributed by atoms with Gasteiger partial charge in [0.15, 0.2) is 0 Å². The summed E-state index contributed by atoms with van der Waals surface area (Å²) in [6, 6.07) is -0.852. The zero-order chi connectivity index (χ0) is 6.73. The number of aliphatic hydroxyl groups is 1. The molecule has 8 heavy (non-hydrogen) atoms. The largest absolute Gasteiger partial charge is 0.386 e. The number of rotatable bonds is 2. The van der Waals surface area contributed by atoms with Gasteiger partial charge in [-0.2, -0.15) is 0 Å². The second-order valence-corrected chi connectivity index (χ2v) is 1.77. The molecule has 0 heterocycles. The van der Waals surface area contributed by atoms with E-state index in [0.29, 0.717) is 0 Å². The minimum absolute atomic E-state index is 0.509. The maximum Gasteiger partial charge on any atom is 0.235 e. The van der Waals surface area contributed by atoms with Gasteiger partial charge < -0.3 is 5.11 Å². The lowest BCUT2D eigenvalue weighted by Crippen LogP contribution is -2.27. The first-order valence-electron chi connectivity index (χ1n) is 2.37. The molecule has 0 aliphatic heterocycles. The summed E-state index contributed by atoms with van der Waals surface area (Å²) in [6.07, 6.45) is -0.856. The Morgan fingerprint density at radius 2 is 2.00 bits per heavy atom. The molecule has 0 aliphatic carbocycles. The summed E-state index contributed by atoms with van der Waals surface area (Å²) < 4.78 is 0. The molecule has 0 bridgehead atoms. The van der Waals surface area contributed by atoms with Crippen molar-refractivity contribution in [1.82, 2.24) is 0 Å². The molecule has 0 saturated carbocycles. The van der Waals surface area contributed by atoms with Gasteiger partial charge in [0, 0.05) is 11.8 Å². The Kier molecular flexibility index (Phi) is 2.41. The number of hydrogen-bond donors (Lipinski definition) is 1. The van der Waals surface area contributed by atoms with Crippen molar-refractivity contribution >= 4 is 0 Å². The fraction of sp³-hybridized carbons (Fsp3) is 1.00. The Hall–Kier alpha value is -0.640. The normalized spacial score (nSPS) is 17.4. The predicted molar refractivity (Wildman–Crippen MR) is 28.1 cm³/mol. The van der Waals surface area contributed by atoms with Crippen molar-refractivity contribution in [3.63, 3.8) is 0 Å². The minimum atomic E-state index is -0.856. The molecule has 0 aliphatic rings. The molecule has 0 aromatic rings. The van der Waals surface area contributed by atoms with Gasteiger partial charge in [0.05, 0.1) is 0 Å². The molecule has 2 atom stereocenters. The topological polar surface area (TPSA) is 63.4 Å². The van der Waals surface area contributed by atoms with E-state index >= 15 is 0 Å². The van der Waals surface area contributed by atoms with Crippen molar-refractivity contribution in [2.24, 2.45) is 0 Å². The first kappa shape index (κ1) is 7.36. The van der Waals surface area contributed by atoms with Crippen LogP contribution in [0.3, 0.4) is 0 Å². The van der Waals surface area contributed by atoms with E-state index in [4.69, 9.17) is 5.11 Å². The van der Waals surface area contributed by atoms with E-state index < -0.39 is 17.1 Å². The maximum absolute atomic E-state index is 9.79. The third-order valence-corrected chi connectivity index (χ3v) is 1.03. The summed E-state index contributed by atoms with van der Waals surface area (Å²) in [5.74, 6) is 0. The van der Waals surface area contributed by atoms with Gasteiger partial charge in [-0.3, -0.25) is 10.1 Å².